The number of rotatable bonds is 2. The van der Waals surface area contributed by atoms with Crippen molar-refractivity contribution in [2.45, 2.75) is 6.92 Å². The van der Waals surface area contributed by atoms with Crippen molar-refractivity contribution >= 4 is 6.08 Å². The van der Waals surface area contributed by atoms with E-state index < -0.39 is 0 Å². The van der Waals surface area contributed by atoms with E-state index in [9.17, 15) is 0 Å². The van der Waals surface area contributed by atoms with Gasteiger partial charge in [-0.25, -0.2) is 4.98 Å². The Balaban J connectivity index is 2.83. The van der Waals surface area contributed by atoms with Crippen molar-refractivity contribution < 1.29 is 0 Å². The van der Waals surface area contributed by atoms with E-state index in [0.717, 1.165) is 11.4 Å². The number of nitrogens with zero attached hydrogens (tertiary/aromatic N) is 1. The molecule has 0 unspecified atom stereocenters. The first kappa shape index (κ1) is 6.81. The molecule has 1 aromatic rings. The molecule has 2 nitrogen and oxygen atoms in total. The Kier molecular flexibility index (Phi) is 2.05. The van der Waals surface area contributed by atoms with E-state index in [4.69, 9.17) is 0 Å². The van der Waals surface area contributed by atoms with E-state index in [1.807, 2.05) is 19.1 Å². The number of hydrogen-bond acceptors (Lipinski definition) is 1. The fourth-order valence-electron chi connectivity index (χ4n) is 0.697. The highest BCUT2D eigenvalue weighted by Gasteiger charge is 1.91. The van der Waals surface area contributed by atoms with Gasteiger partial charge in [-0.05, 0) is 13.0 Å². The molecular weight excluding hydrogens is 124 g/mol. The summed E-state index contributed by atoms with van der Waals surface area (Å²) < 4.78 is 0. The summed E-state index contributed by atoms with van der Waals surface area (Å²) in [6, 6.07) is 0. The number of H-pyrrole nitrogens is 1. The van der Waals surface area contributed by atoms with Crippen LogP contribution in [0.4, 0.5) is 0 Å². The summed E-state index contributed by atoms with van der Waals surface area (Å²) in [6.45, 7) is 5.55. The summed E-state index contributed by atoms with van der Waals surface area (Å²) >= 11 is 0. The monoisotopic (exact) mass is 134 g/mol. The standard InChI is InChI=1S/C8H10N2/c1-3-4-5-8-7(2)9-6-10-8/h3-6H,1H2,2H3,(H,9,10). The van der Waals surface area contributed by atoms with Crippen LogP contribution in [-0.2, 0) is 0 Å². The first-order valence-corrected chi connectivity index (χ1v) is 3.13. The van der Waals surface area contributed by atoms with Gasteiger partial charge in [0.05, 0.1) is 12.0 Å². The maximum atomic E-state index is 4.06. The van der Waals surface area contributed by atoms with E-state index >= 15 is 0 Å². The summed E-state index contributed by atoms with van der Waals surface area (Å²) in [7, 11) is 0. The average molecular weight is 134 g/mol. The second kappa shape index (κ2) is 3.01. The third-order valence-corrected chi connectivity index (χ3v) is 1.26. The number of hydrogen-bond donors (Lipinski definition) is 1. The molecule has 0 amide bonds. The van der Waals surface area contributed by atoms with Gasteiger partial charge in [0.1, 0.15) is 0 Å². The zero-order valence-electron chi connectivity index (χ0n) is 5.96. The van der Waals surface area contributed by atoms with Crippen LogP contribution in [-0.4, -0.2) is 9.97 Å². The lowest BCUT2D eigenvalue weighted by atomic mass is 10.3. The Labute approximate surface area is 60.3 Å². The number of aromatic nitrogens is 2. The van der Waals surface area contributed by atoms with Gasteiger partial charge in [0.25, 0.3) is 0 Å². The van der Waals surface area contributed by atoms with Crippen LogP contribution in [0.15, 0.2) is 25.1 Å². The lowest BCUT2D eigenvalue weighted by Crippen LogP contribution is -1.74. The van der Waals surface area contributed by atoms with Crippen LogP contribution in [0.2, 0.25) is 0 Å². The SMILES string of the molecule is C=CC=Cc1nc[nH]c1C. The van der Waals surface area contributed by atoms with Crippen LogP contribution >= 0.6 is 0 Å². The molecule has 2 heteroatoms. The van der Waals surface area contributed by atoms with Crippen molar-refractivity contribution in [1.82, 2.24) is 9.97 Å². The maximum absolute atomic E-state index is 4.06. The summed E-state index contributed by atoms with van der Waals surface area (Å²) in [6.07, 6.45) is 7.19. The lowest BCUT2D eigenvalue weighted by Gasteiger charge is -1.84. The molecule has 0 aliphatic rings. The highest BCUT2D eigenvalue weighted by Crippen LogP contribution is 2.01. The van der Waals surface area contributed by atoms with E-state index in [1.165, 1.54) is 0 Å². The van der Waals surface area contributed by atoms with Gasteiger partial charge in [-0.2, -0.15) is 0 Å². The van der Waals surface area contributed by atoms with Gasteiger partial charge in [0.2, 0.25) is 0 Å². The topological polar surface area (TPSA) is 28.7 Å². The van der Waals surface area contributed by atoms with Gasteiger partial charge >= 0.3 is 0 Å². The highest BCUT2D eigenvalue weighted by atomic mass is 14.9. The minimum absolute atomic E-state index is 0.972. The Bertz CT molecular complexity index is 246. The number of nitrogens with one attached hydrogen (secondary N) is 1. The number of imidazole rings is 1. The van der Waals surface area contributed by atoms with Crippen molar-refractivity contribution in [2.24, 2.45) is 0 Å². The average Bonchev–Trinajstić information content (AvgIpc) is 2.31. The minimum Gasteiger partial charge on any atom is -0.348 e. The van der Waals surface area contributed by atoms with Gasteiger partial charge < -0.3 is 4.98 Å². The van der Waals surface area contributed by atoms with Crippen molar-refractivity contribution in [3.05, 3.63) is 36.4 Å². The minimum atomic E-state index is 0.972. The van der Waals surface area contributed by atoms with Crippen molar-refractivity contribution in [3.8, 4) is 0 Å². The van der Waals surface area contributed by atoms with E-state index in [2.05, 4.69) is 16.5 Å². The number of aromatic amines is 1. The summed E-state index contributed by atoms with van der Waals surface area (Å²) in [5, 5.41) is 0. The quantitative estimate of drug-likeness (QED) is 0.615. The molecule has 0 bridgehead atoms. The van der Waals surface area contributed by atoms with Crippen LogP contribution in [0.3, 0.4) is 0 Å². The fraction of sp³-hybridized carbons (Fsp3) is 0.125. The number of allylic oxidation sites excluding steroid dienone is 2. The van der Waals surface area contributed by atoms with Gasteiger partial charge in [-0.1, -0.05) is 18.7 Å². The molecule has 0 fully saturated rings. The molecular formula is C8H10N2. The molecule has 10 heavy (non-hydrogen) atoms. The smallest absolute Gasteiger partial charge is 0.0929 e. The van der Waals surface area contributed by atoms with E-state index in [-0.39, 0.29) is 0 Å². The Hall–Kier alpha value is -1.31. The van der Waals surface area contributed by atoms with Crippen LogP contribution in [0.1, 0.15) is 11.4 Å². The predicted octanol–water partition coefficient (Wildman–Crippen LogP) is 1.92. The second-order valence-electron chi connectivity index (χ2n) is 2.01. The van der Waals surface area contributed by atoms with Crippen molar-refractivity contribution in [2.75, 3.05) is 0 Å². The molecule has 52 valence electrons. The molecule has 0 saturated heterocycles. The van der Waals surface area contributed by atoms with Gasteiger partial charge in [0, 0.05) is 5.69 Å². The molecule has 0 saturated carbocycles. The molecule has 1 N–H and O–H groups in total. The van der Waals surface area contributed by atoms with E-state index in [0.29, 0.717) is 0 Å². The molecule has 0 aliphatic carbocycles. The first-order valence-electron chi connectivity index (χ1n) is 3.13. The Morgan fingerprint density at radius 2 is 2.50 bits per heavy atom. The predicted molar refractivity (Wildman–Crippen MR) is 42.6 cm³/mol. The van der Waals surface area contributed by atoms with E-state index in [1.54, 1.807) is 12.4 Å². The first-order chi connectivity index (χ1) is 4.84. The van der Waals surface area contributed by atoms with Crippen LogP contribution in [0, 0.1) is 6.92 Å². The summed E-state index contributed by atoms with van der Waals surface area (Å²) in [5.41, 5.74) is 2.05. The van der Waals surface area contributed by atoms with Crippen LogP contribution < -0.4 is 0 Å². The third kappa shape index (κ3) is 1.35. The fourth-order valence-corrected chi connectivity index (χ4v) is 0.697. The molecule has 1 aromatic heterocycles. The van der Waals surface area contributed by atoms with Crippen molar-refractivity contribution in [1.29, 1.82) is 0 Å². The molecule has 0 aliphatic heterocycles. The molecule has 0 aromatic carbocycles. The number of aryl methyl sites for hydroxylation is 1. The van der Waals surface area contributed by atoms with Crippen LogP contribution in [0.25, 0.3) is 6.08 Å². The van der Waals surface area contributed by atoms with Gasteiger partial charge in [-0.3, -0.25) is 0 Å². The summed E-state index contributed by atoms with van der Waals surface area (Å²) in [4.78, 5) is 7.04. The Morgan fingerprint density at radius 3 is 3.00 bits per heavy atom. The highest BCUT2D eigenvalue weighted by molar-refractivity contribution is 5.48. The van der Waals surface area contributed by atoms with Crippen LogP contribution in [0.5, 0.6) is 0 Å². The second-order valence-corrected chi connectivity index (χ2v) is 2.01. The van der Waals surface area contributed by atoms with Gasteiger partial charge in [-0.15, -0.1) is 0 Å². The molecule has 1 heterocycles. The molecule has 0 radical (unpaired) electrons. The summed E-state index contributed by atoms with van der Waals surface area (Å²) in [5.74, 6) is 0. The normalized spacial score (nSPS) is 10.5. The Morgan fingerprint density at radius 1 is 1.70 bits per heavy atom. The zero-order valence-corrected chi connectivity index (χ0v) is 5.96. The molecule has 0 spiro atoms. The van der Waals surface area contributed by atoms with Crippen molar-refractivity contribution in [3.63, 3.8) is 0 Å². The molecule has 1 rings (SSSR count). The lowest BCUT2D eigenvalue weighted by molar-refractivity contribution is 1.25. The maximum Gasteiger partial charge on any atom is 0.0929 e. The molecule has 0 atom stereocenters. The zero-order chi connectivity index (χ0) is 7.40. The largest absolute Gasteiger partial charge is 0.348 e. The van der Waals surface area contributed by atoms with Gasteiger partial charge in [0.15, 0.2) is 0 Å². The third-order valence-electron chi connectivity index (χ3n) is 1.26.